The minimum atomic E-state index is 0.563. The van der Waals surface area contributed by atoms with E-state index in [1.807, 2.05) is 60.7 Å². The maximum absolute atomic E-state index is 6.40. The fraction of sp³-hybridized carbons (Fsp3) is 0. The van der Waals surface area contributed by atoms with Gasteiger partial charge in [-0.2, -0.15) is 9.97 Å². The fourth-order valence-corrected chi connectivity index (χ4v) is 6.18. The molecule has 0 aliphatic heterocycles. The molecule has 9 rings (SSSR count). The Hall–Kier alpha value is -5.81. The second kappa shape index (κ2) is 8.85. The Morgan fingerprint density at radius 2 is 1.19 bits per heavy atom. The Bertz CT molecular complexity index is 2470. The number of hydrogen-bond acceptors (Lipinski definition) is 4. The van der Waals surface area contributed by atoms with Gasteiger partial charge in [0.2, 0.25) is 5.95 Å². The first kappa shape index (κ1) is 22.9. The molecule has 9 aromatic rings. The monoisotopic (exact) mass is 538 g/mol. The van der Waals surface area contributed by atoms with Crippen LogP contribution in [0.4, 0.5) is 0 Å². The molecule has 6 aromatic carbocycles. The molecule has 0 fully saturated rings. The molecule has 0 amide bonds. The first-order valence-electron chi connectivity index (χ1n) is 14.0. The summed E-state index contributed by atoms with van der Waals surface area (Å²) < 4.78 is 8.56. The lowest BCUT2D eigenvalue weighted by Gasteiger charge is -2.11. The molecule has 0 radical (unpaired) electrons. The van der Waals surface area contributed by atoms with Gasteiger partial charge in [0.15, 0.2) is 11.6 Å². The van der Waals surface area contributed by atoms with Crippen LogP contribution in [0.2, 0.25) is 0 Å². The van der Waals surface area contributed by atoms with E-state index in [9.17, 15) is 0 Å². The lowest BCUT2D eigenvalue weighted by Crippen LogP contribution is -2.06. The Morgan fingerprint density at radius 1 is 0.476 bits per heavy atom. The van der Waals surface area contributed by atoms with Gasteiger partial charge < -0.3 is 4.42 Å². The van der Waals surface area contributed by atoms with Crippen LogP contribution in [0.25, 0.3) is 83.2 Å². The smallest absolute Gasteiger partial charge is 0.238 e. The van der Waals surface area contributed by atoms with Gasteiger partial charge >= 0.3 is 0 Å². The molecule has 0 spiro atoms. The number of hydrogen-bond donors (Lipinski definition) is 0. The summed E-state index contributed by atoms with van der Waals surface area (Å²) in [5.74, 6) is 1.74. The van der Waals surface area contributed by atoms with Crippen molar-refractivity contribution in [2.45, 2.75) is 0 Å². The molecular weight excluding hydrogens is 516 g/mol. The average Bonchev–Trinajstić information content (AvgIpc) is 3.61. The van der Waals surface area contributed by atoms with Crippen LogP contribution in [0.15, 0.2) is 138 Å². The van der Waals surface area contributed by atoms with Crippen LogP contribution >= 0.6 is 0 Å². The molecule has 0 aliphatic carbocycles. The molecule has 0 saturated heterocycles. The molecule has 0 N–H and O–H groups in total. The normalized spacial score (nSPS) is 11.8. The summed E-state index contributed by atoms with van der Waals surface area (Å²) in [7, 11) is 0. The molecule has 0 bridgehead atoms. The first-order valence-corrected chi connectivity index (χ1v) is 14.0. The molecule has 0 saturated carbocycles. The van der Waals surface area contributed by atoms with Crippen molar-refractivity contribution in [2.75, 3.05) is 0 Å². The van der Waals surface area contributed by atoms with Gasteiger partial charge in [-0.1, -0.05) is 109 Å². The predicted octanol–water partition coefficient (Wildman–Crippen LogP) is 9.36. The largest absolute Gasteiger partial charge is 0.455 e. The summed E-state index contributed by atoms with van der Waals surface area (Å²) in [5.41, 5.74) is 5.45. The van der Waals surface area contributed by atoms with Crippen molar-refractivity contribution in [3.8, 4) is 28.7 Å². The maximum atomic E-state index is 6.40. The van der Waals surface area contributed by atoms with E-state index in [0.29, 0.717) is 17.6 Å². The van der Waals surface area contributed by atoms with Crippen molar-refractivity contribution in [3.05, 3.63) is 133 Å². The Kier molecular flexibility index (Phi) is 4.83. The van der Waals surface area contributed by atoms with E-state index in [2.05, 4.69) is 77.4 Å². The van der Waals surface area contributed by atoms with E-state index in [4.69, 9.17) is 19.4 Å². The standard InChI is InChI=1S/C37H22N4O/c1-2-12-24(13-3-1)35-38-36(29-18-10-17-27-26-15-7-9-20-32(26)42-34(27)29)40-37(39-35)41-30-19-8-6-16-28(30)33-25-14-5-4-11-23(25)21-22-31(33)41/h1-22H. The number of fused-ring (bicyclic) bond motifs is 8. The van der Waals surface area contributed by atoms with E-state index in [1.54, 1.807) is 0 Å². The third kappa shape index (κ3) is 3.34. The number of para-hydroxylation sites is 3. The number of furan rings is 1. The molecular formula is C37H22N4O. The number of benzene rings is 6. The van der Waals surface area contributed by atoms with Crippen LogP contribution in [0, 0.1) is 0 Å². The first-order chi connectivity index (χ1) is 20.8. The molecule has 0 atom stereocenters. The third-order valence-electron chi connectivity index (χ3n) is 8.06. The Balaban J connectivity index is 1.39. The number of aromatic nitrogens is 4. The molecule has 3 aromatic heterocycles. The summed E-state index contributed by atoms with van der Waals surface area (Å²) in [6.07, 6.45) is 0. The number of nitrogens with zero attached hydrogens (tertiary/aromatic N) is 4. The van der Waals surface area contributed by atoms with E-state index >= 15 is 0 Å². The highest BCUT2D eigenvalue weighted by Gasteiger charge is 2.21. The van der Waals surface area contributed by atoms with Crippen LogP contribution in [-0.4, -0.2) is 19.5 Å². The van der Waals surface area contributed by atoms with E-state index < -0.39 is 0 Å². The fourth-order valence-electron chi connectivity index (χ4n) is 6.18. The summed E-state index contributed by atoms with van der Waals surface area (Å²) in [4.78, 5) is 15.3. The maximum Gasteiger partial charge on any atom is 0.238 e. The average molecular weight is 539 g/mol. The lowest BCUT2D eigenvalue weighted by molar-refractivity contribution is 0.669. The van der Waals surface area contributed by atoms with Crippen molar-refractivity contribution < 1.29 is 4.42 Å². The van der Waals surface area contributed by atoms with Crippen molar-refractivity contribution in [1.82, 2.24) is 19.5 Å². The quantitative estimate of drug-likeness (QED) is 0.225. The Labute approximate surface area is 240 Å². The second-order valence-electron chi connectivity index (χ2n) is 10.5. The van der Waals surface area contributed by atoms with Gasteiger partial charge in [0.1, 0.15) is 11.2 Å². The zero-order valence-electron chi connectivity index (χ0n) is 22.4. The molecule has 3 heterocycles. The zero-order valence-corrected chi connectivity index (χ0v) is 22.4. The van der Waals surface area contributed by atoms with Crippen molar-refractivity contribution in [1.29, 1.82) is 0 Å². The van der Waals surface area contributed by atoms with Gasteiger partial charge in [-0.05, 0) is 35.0 Å². The minimum Gasteiger partial charge on any atom is -0.455 e. The highest BCUT2D eigenvalue weighted by atomic mass is 16.3. The summed E-state index contributed by atoms with van der Waals surface area (Å²) in [6, 6.07) is 45.6. The lowest BCUT2D eigenvalue weighted by atomic mass is 10.0. The van der Waals surface area contributed by atoms with Crippen LogP contribution in [0.1, 0.15) is 0 Å². The summed E-state index contributed by atoms with van der Waals surface area (Å²) in [5, 5.41) is 6.86. The SMILES string of the molecule is c1ccc(-c2nc(-c3cccc4c3oc3ccccc34)nc(-n3c4ccccc4c4c5ccccc5ccc43)n2)cc1. The van der Waals surface area contributed by atoms with Crippen LogP contribution in [0.3, 0.4) is 0 Å². The molecule has 5 heteroatoms. The summed E-state index contributed by atoms with van der Waals surface area (Å²) >= 11 is 0. The van der Waals surface area contributed by atoms with Crippen LogP contribution in [0.5, 0.6) is 0 Å². The van der Waals surface area contributed by atoms with E-state index in [-0.39, 0.29) is 0 Å². The van der Waals surface area contributed by atoms with Crippen molar-refractivity contribution in [2.24, 2.45) is 0 Å². The molecule has 0 unspecified atom stereocenters. The number of rotatable bonds is 3. The molecule has 5 nitrogen and oxygen atoms in total. The van der Waals surface area contributed by atoms with Crippen molar-refractivity contribution in [3.63, 3.8) is 0 Å². The van der Waals surface area contributed by atoms with Gasteiger partial charge in [-0.3, -0.25) is 4.57 Å². The van der Waals surface area contributed by atoms with Crippen molar-refractivity contribution >= 4 is 54.5 Å². The summed E-state index contributed by atoms with van der Waals surface area (Å²) in [6.45, 7) is 0. The topological polar surface area (TPSA) is 56.7 Å². The minimum absolute atomic E-state index is 0.563. The highest BCUT2D eigenvalue weighted by molar-refractivity contribution is 6.21. The molecule has 0 aliphatic rings. The van der Waals surface area contributed by atoms with Gasteiger partial charge in [-0.25, -0.2) is 4.98 Å². The van der Waals surface area contributed by atoms with Crippen LogP contribution in [-0.2, 0) is 0 Å². The molecule has 196 valence electrons. The highest BCUT2D eigenvalue weighted by Crippen LogP contribution is 2.38. The van der Waals surface area contributed by atoms with Crippen LogP contribution < -0.4 is 0 Å². The molecule has 42 heavy (non-hydrogen) atoms. The van der Waals surface area contributed by atoms with E-state index in [0.717, 1.165) is 49.5 Å². The van der Waals surface area contributed by atoms with Gasteiger partial charge in [0.25, 0.3) is 0 Å². The second-order valence-corrected chi connectivity index (χ2v) is 10.5. The van der Waals surface area contributed by atoms with E-state index in [1.165, 1.54) is 16.2 Å². The van der Waals surface area contributed by atoms with Gasteiger partial charge in [0, 0.05) is 27.1 Å². The predicted molar refractivity (Wildman–Crippen MR) is 170 cm³/mol. The Morgan fingerprint density at radius 3 is 2.10 bits per heavy atom. The third-order valence-corrected chi connectivity index (χ3v) is 8.06. The van der Waals surface area contributed by atoms with Gasteiger partial charge in [0.05, 0.1) is 16.6 Å². The zero-order chi connectivity index (χ0) is 27.6. The van der Waals surface area contributed by atoms with Gasteiger partial charge in [-0.15, -0.1) is 0 Å².